The molecule has 0 fully saturated rings. The number of carbonyl (C=O) groups is 2. The molecule has 0 aromatic heterocycles. The highest BCUT2D eigenvalue weighted by Crippen LogP contribution is 2.24. The van der Waals surface area contributed by atoms with E-state index >= 15 is 0 Å². The number of nitrogens with one attached hydrogen (secondary N) is 2. The Kier molecular flexibility index (Phi) is 7.00. The molecule has 28 heavy (non-hydrogen) atoms. The maximum absolute atomic E-state index is 12.1. The largest absolute Gasteiger partial charge is 0.573 e. The molecule has 0 spiro atoms. The van der Waals surface area contributed by atoms with Crippen molar-refractivity contribution in [2.75, 3.05) is 10.6 Å². The van der Waals surface area contributed by atoms with Crippen molar-refractivity contribution in [3.05, 3.63) is 71.2 Å². The van der Waals surface area contributed by atoms with Crippen LogP contribution in [0.15, 0.2) is 65.7 Å². The Labute approximate surface area is 167 Å². The van der Waals surface area contributed by atoms with E-state index in [-0.39, 0.29) is 10.2 Å². The number of rotatable bonds is 6. The molecule has 0 unspecified atom stereocenters. The van der Waals surface area contributed by atoms with Crippen LogP contribution in [0.25, 0.3) is 6.08 Å². The molecule has 0 heterocycles. The second-order valence-electron chi connectivity index (χ2n) is 5.38. The van der Waals surface area contributed by atoms with Gasteiger partial charge >= 0.3 is 6.36 Å². The first-order chi connectivity index (χ1) is 13.1. The van der Waals surface area contributed by atoms with Crippen LogP contribution < -0.4 is 15.4 Å². The number of alkyl halides is 3. The molecule has 2 amide bonds. The third-order valence-electron chi connectivity index (χ3n) is 3.17. The van der Waals surface area contributed by atoms with E-state index in [1.807, 2.05) is 0 Å². The topological polar surface area (TPSA) is 67.4 Å². The number of amides is 2. The molecule has 0 radical (unpaired) electrons. The summed E-state index contributed by atoms with van der Waals surface area (Å²) in [5.74, 6) is -1.25. The fourth-order valence-corrected chi connectivity index (χ4v) is 2.11. The number of hydrogen-bond donors (Lipinski definition) is 2. The normalized spacial score (nSPS) is 11.1. The lowest BCUT2D eigenvalue weighted by atomic mass is 10.2. The van der Waals surface area contributed by atoms with E-state index in [2.05, 4.69) is 37.9 Å². The van der Waals surface area contributed by atoms with Crippen molar-refractivity contribution >= 4 is 45.2 Å². The van der Waals surface area contributed by atoms with E-state index in [9.17, 15) is 22.8 Å². The monoisotopic (exact) mass is 454 g/mol. The standard InChI is InChI=1S/C19H14BrF3N2O3/c1-12(20)18(27)25-15-4-2-3-13(11-15)5-10-17(26)24-14-6-8-16(9-7-14)28-19(21,22)23/h2-11H,1H2,(H,24,26)(H,25,27)/b10-5+. The van der Waals surface area contributed by atoms with Crippen molar-refractivity contribution in [3.8, 4) is 5.75 Å². The molecule has 2 aromatic rings. The smallest absolute Gasteiger partial charge is 0.406 e. The van der Waals surface area contributed by atoms with Gasteiger partial charge in [-0.2, -0.15) is 0 Å². The minimum absolute atomic E-state index is 0.180. The molecular weight excluding hydrogens is 441 g/mol. The molecule has 146 valence electrons. The Balaban J connectivity index is 1.96. The average molecular weight is 455 g/mol. The third-order valence-corrected chi connectivity index (χ3v) is 3.53. The maximum Gasteiger partial charge on any atom is 0.573 e. The highest BCUT2D eigenvalue weighted by Gasteiger charge is 2.30. The van der Waals surface area contributed by atoms with Gasteiger partial charge in [-0.25, -0.2) is 0 Å². The van der Waals surface area contributed by atoms with E-state index in [1.54, 1.807) is 24.3 Å². The van der Waals surface area contributed by atoms with Crippen molar-refractivity contribution in [2.45, 2.75) is 6.36 Å². The summed E-state index contributed by atoms with van der Waals surface area (Å²) < 4.78 is 40.3. The number of halogens is 4. The number of anilines is 2. The predicted molar refractivity (Wildman–Crippen MR) is 104 cm³/mol. The lowest BCUT2D eigenvalue weighted by molar-refractivity contribution is -0.274. The zero-order valence-electron chi connectivity index (χ0n) is 14.2. The van der Waals surface area contributed by atoms with E-state index in [0.717, 1.165) is 12.1 Å². The van der Waals surface area contributed by atoms with Gasteiger partial charge in [0.2, 0.25) is 5.91 Å². The van der Waals surface area contributed by atoms with Crippen LogP contribution in [0.4, 0.5) is 24.5 Å². The Morgan fingerprint density at radius 2 is 1.71 bits per heavy atom. The van der Waals surface area contributed by atoms with Gasteiger partial charge < -0.3 is 15.4 Å². The van der Waals surface area contributed by atoms with Crippen LogP contribution in [0, 0.1) is 0 Å². The van der Waals surface area contributed by atoms with Crippen LogP contribution in [0.2, 0.25) is 0 Å². The maximum atomic E-state index is 12.1. The van der Waals surface area contributed by atoms with Crippen molar-refractivity contribution in [2.24, 2.45) is 0 Å². The molecule has 0 saturated carbocycles. The van der Waals surface area contributed by atoms with E-state index in [0.29, 0.717) is 16.9 Å². The average Bonchev–Trinajstić information content (AvgIpc) is 2.61. The second kappa shape index (κ2) is 9.23. The molecule has 0 atom stereocenters. The summed E-state index contributed by atoms with van der Waals surface area (Å²) in [5, 5.41) is 5.13. The van der Waals surface area contributed by atoms with Crippen LogP contribution in [0.3, 0.4) is 0 Å². The minimum Gasteiger partial charge on any atom is -0.406 e. The molecule has 9 heteroatoms. The zero-order valence-corrected chi connectivity index (χ0v) is 15.8. The summed E-state index contributed by atoms with van der Waals surface area (Å²) in [6.07, 6.45) is -2.00. The molecule has 2 rings (SSSR count). The molecule has 0 bridgehead atoms. The summed E-state index contributed by atoms with van der Waals surface area (Å²) in [6, 6.07) is 11.5. The number of ether oxygens (including phenoxy) is 1. The highest BCUT2D eigenvalue weighted by atomic mass is 79.9. The molecule has 5 nitrogen and oxygen atoms in total. The van der Waals surface area contributed by atoms with Gasteiger partial charge in [-0.3, -0.25) is 9.59 Å². The fourth-order valence-electron chi connectivity index (χ4n) is 2.01. The van der Waals surface area contributed by atoms with Crippen molar-refractivity contribution < 1.29 is 27.5 Å². The first-order valence-electron chi connectivity index (χ1n) is 7.73. The number of hydrogen-bond acceptors (Lipinski definition) is 3. The number of benzene rings is 2. The fraction of sp³-hybridized carbons (Fsp3) is 0.0526. The SMILES string of the molecule is C=C(Br)C(=O)Nc1cccc(/C=C/C(=O)Nc2ccc(OC(F)(F)F)cc2)c1. The molecule has 2 N–H and O–H groups in total. The van der Waals surface area contributed by atoms with E-state index in [1.165, 1.54) is 24.3 Å². The first kappa shape index (κ1) is 21.2. The van der Waals surface area contributed by atoms with Gasteiger partial charge in [0.15, 0.2) is 0 Å². The van der Waals surface area contributed by atoms with Gasteiger partial charge in [-0.15, -0.1) is 13.2 Å². The quantitative estimate of drug-likeness (QED) is 0.597. The second-order valence-corrected chi connectivity index (χ2v) is 6.34. The van der Waals surface area contributed by atoms with E-state index < -0.39 is 18.2 Å². The van der Waals surface area contributed by atoms with Crippen LogP contribution in [0.1, 0.15) is 5.56 Å². The molecule has 0 aliphatic rings. The summed E-state index contributed by atoms with van der Waals surface area (Å²) in [7, 11) is 0. The Morgan fingerprint density at radius 3 is 2.32 bits per heavy atom. The zero-order chi connectivity index (χ0) is 20.7. The lowest BCUT2D eigenvalue weighted by Gasteiger charge is -2.09. The van der Waals surface area contributed by atoms with Gasteiger partial charge in [-0.05, 0) is 64.0 Å². The van der Waals surface area contributed by atoms with Crippen LogP contribution in [0.5, 0.6) is 5.75 Å². The van der Waals surface area contributed by atoms with Crippen LogP contribution in [-0.2, 0) is 9.59 Å². The summed E-state index contributed by atoms with van der Waals surface area (Å²) in [6.45, 7) is 3.47. The Hall–Kier alpha value is -3.07. The van der Waals surface area contributed by atoms with Crippen molar-refractivity contribution in [1.82, 2.24) is 0 Å². The summed E-state index contributed by atoms with van der Waals surface area (Å²) in [4.78, 5) is 23.5. The number of carbonyl (C=O) groups excluding carboxylic acids is 2. The van der Waals surface area contributed by atoms with Crippen LogP contribution >= 0.6 is 15.9 Å². The lowest BCUT2D eigenvalue weighted by Crippen LogP contribution is -2.17. The van der Waals surface area contributed by atoms with Gasteiger partial charge in [-0.1, -0.05) is 18.7 Å². The van der Waals surface area contributed by atoms with Crippen molar-refractivity contribution in [1.29, 1.82) is 0 Å². The highest BCUT2D eigenvalue weighted by molar-refractivity contribution is 9.12. The van der Waals surface area contributed by atoms with Gasteiger partial charge in [0.1, 0.15) is 5.75 Å². The molecular formula is C19H14BrF3N2O3. The van der Waals surface area contributed by atoms with E-state index in [4.69, 9.17) is 0 Å². The molecule has 0 aliphatic heterocycles. The van der Waals surface area contributed by atoms with Gasteiger partial charge in [0.05, 0.1) is 4.48 Å². The minimum atomic E-state index is -4.77. The molecule has 0 aliphatic carbocycles. The molecule has 0 saturated heterocycles. The van der Waals surface area contributed by atoms with Crippen LogP contribution in [-0.4, -0.2) is 18.2 Å². The molecule has 2 aromatic carbocycles. The third kappa shape index (κ3) is 7.28. The Morgan fingerprint density at radius 1 is 1.04 bits per heavy atom. The predicted octanol–water partition coefficient (Wildman–Crippen LogP) is 5.08. The van der Waals surface area contributed by atoms with Gasteiger partial charge in [0, 0.05) is 17.5 Å². The first-order valence-corrected chi connectivity index (χ1v) is 8.52. The summed E-state index contributed by atoms with van der Waals surface area (Å²) >= 11 is 2.98. The Bertz CT molecular complexity index is 909. The van der Waals surface area contributed by atoms with Crippen molar-refractivity contribution in [3.63, 3.8) is 0 Å². The van der Waals surface area contributed by atoms with Gasteiger partial charge in [0.25, 0.3) is 5.91 Å². The summed E-state index contributed by atoms with van der Waals surface area (Å²) in [5.41, 5.74) is 1.48.